The lowest BCUT2D eigenvalue weighted by atomic mass is 9.90. The largest absolute Gasteiger partial charge is 0.503 e. The minimum Gasteiger partial charge on any atom is -0.503 e. The van der Waals surface area contributed by atoms with Crippen LogP contribution >= 0.6 is 11.6 Å². The zero-order chi connectivity index (χ0) is 16.6. The van der Waals surface area contributed by atoms with Crippen molar-refractivity contribution in [1.29, 1.82) is 0 Å². The average molecular weight is 334 g/mol. The summed E-state index contributed by atoms with van der Waals surface area (Å²) in [7, 11) is 0. The molecule has 1 aromatic carbocycles. The summed E-state index contributed by atoms with van der Waals surface area (Å²) in [6.45, 7) is 1.39. The van der Waals surface area contributed by atoms with E-state index in [4.69, 9.17) is 11.6 Å². The van der Waals surface area contributed by atoms with Crippen molar-refractivity contribution in [2.45, 2.75) is 51.1 Å². The number of carbonyl (C=O) groups excluding carboxylic acids is 2. The number of aliphatic hydroxyl groups excluding tert-OH is 1. The molecule has 1 atom stereocenters. The molecule has 3 rings (SSSR count). The summed E-state index contributed by atoms with van der Waals surface area (Å²) in [6, 6.07) is 6.67. The molecule has 1 N–H and O–H groups in total. The van der Waals surface area contributed by atoms with Crippen molar-refractivity contribution in [2.24, 2.45) is 0 Å². The molecule has 5 heteroatoms. The molecule has 0 saturated heterocycles. The third kappa shape index (κ3) is 2.88. The van der Waals surface area contributed by atoms with Crippen LogP contribution in [0.2, 0.25) is 5.02 Å². The Bertz CT molecular complexity index is 659. The van der Waals surface area contributed by atoms with Crippen molar-refractivity contribution in [1.82, 2.24) is 4.90 Å². The molecule has 1 heterocycles. The molecule has 0 radical (unpaired) electrons. The van der Waals surface area contributed by atoms with Crippen LogP contribution in [0.4, 0.5) is 0 Å². The molecule has 1 amide bonds. The lowest BCUT2D eigenvalue weighted by Gasteiger charge is -2.36. The number of rotatable bonds is 3. The number of carbonyl (C=O) groups is 2. The van der Waals surface area contributed by atoms with E-state index >= 15 is 0 Å². The van der Waals surface area contributed by atoms with E-state index < -0.39 is 17.7 Å². The van der Waals surface area contributed by atoms with Crippen molar-refractivity contribution in [3.63, 3.8) is 0 Å². The van der Waals surface area contributed by atoms with Gasteiger partial charge in [-0.1, -0.05) is 43.0 Å². The van der Waals surface area contributed by atoms with Crippen LogP contribution in [0.3, 0.4) is 0 Å². The molecule has 0 spiro atoms. The summed E-state index contributed by atoms with van der Waals surface area (Å²) < 4.78 is 0. The van der Waals surface area contributed by atoms with Gasteiger partial charge in [0.15, 0.2) is 11.5 Å². The summed E-state index contributed by atoms with van der Waals surface area (Å²) in [6.07, 6.45) is 5.13. The van der Waals surface area contributed by atoms with Gasteiger partial charge in [0.1, 0.15) is 0 Å². The lowest BCUT2D eigenvalue weighted by Crippen LogP contribution is -2.41. The van der Waals surface area contributed by atoms with Crippen LogP contribution in [-0.4, -0.2) is 27.7 Å². The number of amides is 1. The van der Waals surface area contributed by atoms with Crippen molar-refractivity contribution >= 4 is 23.3 Å². The number of hydrogen-bond donors (Lipinski definition) is 1. The van der Waals surface area contributed by atoms with Gasteiger partial charge >= 0.3 is 0 Å². The highest BCUT2D eigenvalue weighted by Gasteiger charge is 2.45. The molecule has 1 aliphatic carbocycles. The summed E-state index contributed by atoms with van der Waals surface area (Å²) in [4.78, 5) is 26.4. The maximum absolute atomic E-state index is 12.6. The minimum absolute atomic E-state index is 0.0657. The van der Waals surface area contributed by atoms with E-state index in [0.29, 0.717) is 5.02 Å². The van der Waals surface area contributed by atoms with Gasteiger partial charge in [0.05, 0.1) is 11.6 Å². The molecule has 1 aliphatic heterocycles. The van der Waals surface area contributed by atoms with Crippen LogP contribution in [0.15, 0.2) is 35.6 Å². The van der Waals surface area contributed by atoms with Crippen molar-refractivity contribution < 1.29 is 14.7 Å². The van der Waals surface area contributed by atoms with Crippen molar-refractivity contribution in [3.8, 4) is 0 Å². The molecule has 0 bridgehead atoms. The fourth-order valence-electron chi connectivity index (χ4n) is 3.69. The first kappa shape index (κ1) is 16.1. The highest BCUT2D eigenvalue weighted by Crippen LogP contribution is 2.41. The third-order valence-corrected chi connectivity index (χ3v) is 5.03. The molecule has 4 nitrogen and oxygen atoms in total. The van der Waals surface area contributed by atoms with Gasteiger partial charge in [-0.05, 0) is 37.5 Å². The first-order valence-electron chi connectivity index (χ1n) is 8.03. The van der Waals surface area contributed by atoms with Gasteiger partial charge in [-0.2, -0.15) is 0 Å². The zero-order valence-corrected chi connectivity index (χ0v) is 13.8. The van der Waals surface area contributed by atoms with Crippen LogP contribution < -0.4 is 0 Å². The highest BCUT2D eigenvalue weighted by molar-refractivity contribution is 6.30. The second-order valence-electron chi connectivity index (χ2n) is 6.28. The van der Waals surface area contributed by atoms with E-state index in [1.165, 1.54) is 13.3 Å². The number of halogens is 1. The maximum atomic E-state index is 12.6. The van der Waals surface area contributed by atoms with Crippen molar-refractivity contribution in [2.75, 3.05) is 0 Å². The highest BCUT2D eigenvalue weighted by atomic mass is 35.5. The maximum Gasteiger partial charge on any atom is 0.290 e. The number of hydrogen-bond acceptors (Lipinski definition) is 3. The number of nitrogens with zero attached hydrogens (tertiary/aromatic N) is 1. The molecule has 2 aliphatic rings. The number of Topliss-reactive ketones (excluding diaryl/α,β-unsaturated/α-hetero) is 1. The van der Waals surface area contributed by atoms with E-state index in [2.05, 4.69) is 0 Å². The smallest absolute Gasteiger partial charge is 0.290 e. The van der Waals surface area contributed by atoms with E-state index in [9.17, 15) is 14.7 Å². The van der Waals surface area contributed by atoms with Crippen LogP contribution in [0.25, 0.3) is 0 Å². The lowest BCUT2D eigenvalue weighted by molar-refractivity contribution is -0.132. The quantitative estimate of drug-likeness (QED) is 0.911. The van der Waals surface area contributed by atoms with Gasteiger partial charge in [-0.3, -0.25) is 9.59 Å². The minimum atomic E-state index is -0.514. The second kappa shape index (κ2) is 6.36. The van der Waals surface area contributed by atoms with Crippen LogP contribution in [-0.2, 0) is 9.59 Å². The van der Waals surface area contributed by atoms with E-state index in [1.807, 2.05) is 12.1 Å². The Morgan fingerprint density at radius 1 is 1.17 bits per heavy atom. The number of ketones is 1. The molecular formula is C18H20ClNO3. The van der Waals surface area contributed by atoms with Crippen LogP contribution in [0.1, 0.15) is 50.6 Å². The first-order chi connectivity index (χ1) is 11.0. The fraction of sp³-hybridized carbons (Fsp3) is 0.444. The topological polar surface area (TPSA) is 57.6 Å². The van der Waals surface area contributed by atoms with Crippen LogP contribution in [0.5, 0.6) is 0 Å². The monoisotopic (exact) mass is 333 g/mol. The molecule has 1 saturated carbocycles. The molecule has 122 valence electrons. The van der Waals surface area contributed by atoms with Gasteiger partial charge in [0.2, 0.25) is 0 Å². The Morgan fingerprint density at radius 3 is 2.35 bits per heavy atom. The second-order valence-corrected chi connectivity index (χ2v) is 6.71. The first-order valence-corrected chi connectivity index (χ1v) is 8.40. The SMILES string of the molecule is CC(=O)C1=C(O)C(=O)N(C2CCCCC2)C1c1ccc(Cl)cc1. The summed E-state index contributed by atoms with van der Waals surface area (Å²) >= 11 is 5.95. The number of aliphatic hydroxyl groups is 1. The molecule has 0 aromatic heterocycles. The van der Waals surface area contributed by atoms with Gasteiger partial charge in [-0.25, -0.2) is 0 Å². The molecule has 23 heavy (non-hydrogen) atoms. The Hall–Kier alpha value is -1.81. The predicted molar refractivity (Wildman–Crippen MR) is 88.2 cm³/mol. The summed E-state index contributed by atoms with van der Waals surface area (Å²) in [5.74, 6) is -1.10. The molecular weight excluding hydrogens is 314 g/mol. The molecule has 1 aromatic rings. The fourth-order valence-corrected chi connectivity index (χ4v) is 3.82. The predicted octanol–water partition coefficient (Wildman–Crippen LogP) is 3.96. The number of benzene rings is 1. The van der Waals surface area contributed by atoms with Crippen molar-refractivity contribution in [3.05, 3.63) is 46.2 Å². The van der Waals surface area contributed by atoms with Gasteiger partial charge in [0.25, 0.3) is 5.91 Å². The van der Waals surface area contributed by atoms with Gasteiger partial charge in [0, 0.05) is 11.1 Å². The average Bonchev–Trinajstić information content (AvgIpc) is 2.81. The standard InChI is InChI=1S/C18H20ClNO3/c1-11(21)15-16(12-7-9-13(19)10-8-12)20(18(23)17(15)22)14-5-3-2-4-6-14/h7-10,14,16,22H,2-6H2,1H3. The van der Waals surface area contributed by atoms with E-state index in [1.54, 1.807) is 17.0 Å². The Balaban J connectivity index is 2.05. The summed E-state index contributed by atoms with van der Waals surface area (Å²) in [5.41, 5.74) is 1.01. The Labute approximate surface area is 140 Å². The van der Waals surface area contributed by atoms with Gasteiger partial charge < -0.3 is 10.0 Å². The summed E-state index contributed by atoms with van der Waals surface area (Å²) in [5, 5.41) is 10.9. The molecule has 1 fully saturated rings. The van der Waals surface area contributed by atoms with Gasteiger partial charge in [-0.15, -0.1) is 0 Å². The van der Waals surface area contributed by atoms with Crippen LogP contribution in [0, 0.1) is 0 Å². The third-order valence-electron chi connectivity index (χ3n) is 4.78. The normalized spacial score (nSPS) is 22.8. The van der Waals surface area contributed by atoms with E-state index in [0.717, 1.165) is 31.2 Å². The molecule has 1 unspecified atom stereocenters. The Morgan fingerprint density at radius 2 is 1.78 bits per heavy atom. The van der Waals surface area contributed by atoms with E-state index in [-0.39, 0.29) is 17.4 Å². The Kier molecular flexibility index (Phi) is 4.44. The zero-order valence-electron chi connectivity index (χ0n) is 13.1.